The number of morpholine rings is 1. The monoisotopic (exact) mass is 293 g/mol. The maximum Gasteiger partial charge on any atom is 0.244 e. The van der Waals surface area contributed by atoms with Crippen LogP contribution in [0, 0.1) is 0 Å². The minimum atomic E-state index is -0.372. The first-order chi connectivity index (χ1) is 10.1. The molecule has 2 heterocycles. The fourth-order valence-corrected chi connectivity index (χ4v) is 2.14. The van der Waals surface area contributed by atoms with Crippen LogP contribution in [-0.4, -0.2) is 54.8 Å². The lowest BCUT2D eigenvalue weighted by atomic mass is 10.2. The molecule has 21 heavy (non-hydrogen) atoms. The van der Waals surface area contributed by atoms with Gasteiger partial charge in [-0.15, -0.1) is 0 Å². The van der Waals surface area contributed by atoms with Crippen LogP contribution in [-0.2, 0) is 16.1 Å². The van der Waals surface area contributed by atoms with E-state index in [0.717, 1.165) is 12.1 Å². The van der Waals surface area contributed by atoms with E-state index in [-0.39, 0.29) is 11.9 Å². The molecule has 1 aliphatic rings. The van der Waals surface area contributed by atoms with Crippen LogP contribution in [0.2, 0.25) is 0 Å². The summed E-state index contributed by atoms with van der Waals surface area (Å²) < 4.78 is 5.38. The van der Waals surface area contributed by atoms with Crippen LogP contribution < -0.4 is 15.5 Å². The van der Waals surface area contributed by atoms with Gasteiger partial charge in [-0.25, -0.2) is 9.97 Å². The quantitative estimate of drug-likeness (QED) is 0.791. The highest BCUT2D eigenvalue weighted by molar-refractivity contribution is 5.84. The minimum absolute atomic E-state index is 0.0798. The third-order valence-electron chi connectivity index (χ3n) is 3.34. The first-order valence-electron chi connectivity index (χ1n) is 7.22. The van der Waals surface area contributed by atoms with E-state index in [0.29, 0.717) is 31.7 Å². The Morgan fingerprint density at radius 2 is 2.19 bits per heavy atom. The molecule has 1 aromatic rings. The molecule has 1 atom stereocenters. The molecule has 0 radical (unpaired) electrons. The van der Waals surface area contributed by atoms with Gasteiger partial charge < -0.3 is 20.3 Å². The molecule has 1 aliphatic heterocycles. The Kier molecular flexibility index (Phi) is 5.46. The van der Waals surface area contributed by atoms with Gasteiger partial charge >= 0.3 is 0 Å². The number of nitrogens with zero attached hydrogens (tertiary/aromatic N) is 3. The highest BCUT2D eigenvalue weighted by Gasteiger charge is 2.30. The average molecular weight is 293 g/mol. The predicted octanol–water partition coefficient (Wildman–Crippen LogP) is -0.0742. The van der Waals surface area contributed by atoms with Crippen LogP contribution in [0.1, 0.15) is 19.4 Å². The highest BCUT2D eigenvalue weighted by atomic mass is 16.5. The fourth-order valence-electron chi connectivity index (χ4n) is 2.14. The summed E-state index contributed by atoms with van der Waals surface area (Å²) >= 11 is 0. The first-order valence-corrected chi connectivity index (χ1v) is 7.22. The van der Waals surface area contributed by atoms with Crippen molar-refractivity contribution in [3.05, 3.63) is 18.0 Å². The van der Waals surface area contributed by atoms with E-state index in [1.165, 1.54) is 0 Å². The number of carbonyl (C=O) groups excluding carboxylic acids is 1. The molecule has 0 saturated carbocycles. The molecule has 0 aromatic carbocycles. The minimum Gasteiger partial charge on any atom is -0.377 e. The molecule has 2 rings (SSSR count). The summed E-state index contributed by atoms with van der Waals surface area (Å²) in [6.07, 6.45) is 3.60. The SMILES string of the molecule is CNC(=O)C1COCCN1c1ncc(CNC(C)C)cn1. The van der Waals surface area contributed by atoms with Crippen molar-refractivity contribution in [3.8, 4) is 0 Å². The predicted molar refractivity (Wildman–Crippen MR) is 80.0 cm³/mol. The second-order valence-electron chi connectivity index (χ2n) is 5.33. The van der Waals surface area contributed by atoms with Crippen LogP contribution in [0.5, 0.6) is 0 Å². The Balaban J connectivity index is 2.07. The largest absolute Gasteiger partial charge is 0.377 e. The van der Waals surface area contributed by atoms with E-state index in [1.807, 2.05) is 4.90 Å². The Morgan fingerprint density at radius 3 is 2.81 bits per heavy atom. The Hall–Kier alpha value is -1.73. The summed E-state index contributed by atoms with van der Waals surface area (Å²) in [6.45, 7) is 6.47. The molecule has 2 N–H and O–H groups in total. The number of likely N-dealkylation sites (N-methyl/N-ethyl adjacent to an activating group) is 1. The third-order valence-corrected chi connectivity index (χ3v) is 3.34. The zero-order chi connectivity index (χ0) is 15.2. The van der Waals surface area contributed by atoms with E-state index in [4.69, 9.17) is 4.74 Å². The van der Waals surface area contributed by atoms with Gasteiger partial charge in [-0.1, -0.05) is 13.8 Å². The number of hydrogen-bond acceptors (Lipinski definition) is 6. The van der Waals surface area contributed by atoms with E-state index >= 15 is 0 Å². The summed E-state index contributed by atoms with van der Waals surface area (Å²) in [5, 5.41) is 5.97. The normalized spacial score (nSPS) is 18.9. The van der Waals surface area contributed by atoms with E-state index in [1.54, 1.807) is 19.4 Å². The lowest BCUT2D eigenvalue weighted by Crippen LogP contribution is -2.54. The number of nitrogens with one attached hydrogen (secondary N) is 2. The first kappa shape index (κ1) is 15.7. The van der Waals surface area contributed by atoms with Crippen LogP contribution >= 0.6 is 0 Å². The molecule has 0 spiro atoms. The molecule has 7 heteroatoms. The number of ether oxygens (including phenoxy) is 1. The highest BCUT2D eigenvalue weighted by Crippen LogP contribution is 2.15. The molecule has 0 bridgehead atoms. The van der Waals surface area contributed by atoms with Crippen molar-refractivity contribution in [1.82, 2.24) is 20.6 Å². The van der Waals surface area contributed by atoms with Gasteiger partial charge in [0.05, 0.1) is 13.2 Å². The number of hydrogen-bond donors (Lipinski definition) is 2. The lowest BCUT2D eigenvalue weighted by molar-refractivity contribution is -0.124. The zero-order valence-corrected chi connectivity index (χ0v) is 12.8. The number of amides is 1. The van der Waals surface area contributed by atoms with E-state index in [2.05, 4.69) is 34.4 Å². The van der Waals surface area contributed by atoms with Crippen LogP contribution in [0.3, 0.4) is 0 Å². The molecule has 1 amide bonds. The Morgan fingerprint density at radius 1 is 1.48 bits per heavy atom. The zero-order valence-electron chi connectivity index (χ0n) is 12.8. The molecule has 7 nitrogen and oxygen atoms in total. The Labute approximate surface area is 125 Å². The maximum atomic E-state index is 11.9. The van der Waals surface area contributed by atoms with Crippen molar-refractivity contribution in [1.29, 1.82) is 0 Å². The van der Waals surface area contributed by atoms with Gasteiger partial charge in [-0.2, -0.15) is 0 Å². The van der Waals surface area contributed by atoms with Crippen LogP contribution in [0.15, 0.2) is 12.4 Å². The summed E-state index contributed by atoms with van der Waals surface area (Å²) in [7, 11) is 1.62. The van der Waals surface area contributed by atoms with Gasteiger partial charge in [-0.05, 0) is 0 Å². The van der Waals surface area contributed by atoms with Crippen molar-refractivity contribution in [2.45, 2.75) is 32.5 Å². The van der Waals surface area contributed by atoms with E-state index < -0.39 is 0 Å². The lowest BCUT2D eigenvalue weighted by Gasteiger charge is -2.34. The molecule has 116 valence electrons. The maximum absolute atomic E-state index is 11.9. The average Bonchev–Trinajstić information content (AvgIpc) is 2.52. The summed E-state index contributed by atoms with van der Waals surface area (Å²) in [6, 6.07) is 0.0462. The number of rotatable bonds is 5. The number of aromatic nitrogens is 2. The van der Waals surface area contributed by atoms with Crippen molar-refractivity contribution in [2.75, 3.05) is 31.7 Å². The van der Waals surface area contributed by atoms with Crippen molar-refractivity contribution in [3.63, 3.8) is 0 Å². The standard InChI is InChI=1S/C14H23N5O2/c1-10(2)16-6-11-7-17-14(18-8-11)19-4-5-21-9-12(19)13(20)15-3/h7-8,10,12,16H,4-6,9H2,1-3H3,(H,15,20). The summed E-state index contributed by atoms with van der Waals surface area (Å²) in [5.74, 6) is 0.490. The van der Waals surface area contributed by atoms with Gasteiger partial charge in [0.15, 0.2) is 0 Å². The smallest absolute Gasteiger partial charge is 0.244 e. The fraction of sp³-hybridized carbons (Fsp3) is 0.643. The second kappa shape index (κ2) is 7.33. The van der Waals surface area contributed by atoms with Gasteiger partial charge in [0.2, 0.25) is 11.9 Å². The third kappa shape index (κ3) is 4.12. The van der Waals surface area contributed by atoms with Gasteiger partial charge in [0.1, 0.15) is 6.04 Å². The topological polar surface area (TPSA) is 79.4 Å². The van der Waals surface area contributed by atoms with Gasteiger partial charge in [-0.3, -0.25) is 4.79 Å². The van der Waals surface area contributed by atoms with Crippen molar-refractivity contribution < 1.29 is 9.53 Å². The molecule has 1 saturated heterocycles. The molecule has 1 fully saturated rings. The van der Waals surface area contributed by atoms with Crippen molar-refractivity contribution in [2.24, 2.45) is 0 Å². The molecular weight excluding hydrogens is 270 g/mol. The van der Waals surface area contributed by atoms with Crippen LogP contribution in [0.4, 0.5) is 5.95 Å². The number of anilines is 1. The summed E-state index contributed by atoms with van der Waals surface area (Å²) in [4.78, 5) is 22.6. The number of carbonyl (C=O) groups is 1. The summed E-state index contributed by atoms with van der Waals surface area (Å²) in [5.41, 5.74) is 1.03. The Bertz CT molecular complexity index is 463. The second-order valence-corrected chi connectivity index (χ2v) is 5.33. The van der Waals surface area contributed by atoms with Crippen molar-refractivity contribution >= 4 is 11.9 Å². The van der Waals surface area contributed by atoms with E-state index in [9.17, 15) is 4.79 Å². The molecule has 0 aliphatic carbocycles. The molecular formula is C14H23N5O2. The van der Waals surface area contributed by atoms with Gasteiger partial charge in [0, 0.05) is 44.1 Å². The molecule has 1 aromatic heterocycles. The van der Waals surface area contributed by atoms with Gasteiger partial charge in [0.25, 0.3) is 0 Å². The molecule has 1 unspecified atom stereocenters. The van der Waals surface area contributed by atoms with Crippen LogP contribution in [0.25, 0.3) is 0 Å².